The maximum atomic E-state index is 12.3. The SMILES string of the molecule is COc1ccc(NC(=O)C(C)N2CCCC(CO)C2)cc1. The van der Waals surface area contributed by atoms with Crippen LogP contribution >= 0.6 is 0 Å². The molecule has 1 amide bonds. The number of nitrogens with zero attached hydrogens (tertiary/aromatic N) is 1. The van der Waals surface area contributed by atoms with Gasteiger partial charge in [0.1, 0.15) is 5.75 Å². The Morgan fingerprint density at radius 2 is 2.19 bits per heavy atom. The van der Waals surface area contributed by atoms with Gasteiger partial charge in [0.2, 0.25) is 5.91 Å². The van der Waals surface area contributed by atoms with E-state index >= 15 is 0 Å². The van der Waals surface area contributed by atoms with Crippen molar-refractivity contribution in [3.05, 3.63) is 24.3 Å². The Kier molecular flexibility index (Phi) is 5.59. The van der Waals surface area contributed by atoms with Crippen molar-refractivity contribution in [2.45, 2.75) is 25.8 Å². The number of ether oxygens (including phenoxy) is 1. The fraction of sp³-hybridized carbons (Fsp3) is 0.562. The molecule has 0 saturated carbocycles. The van der Waals surface area contributed by atoms with E-state index in [1.807, 2.05) is 31.2 Å². The predicted octanol–water partition coefficient (Wildman–Crippen LogP) is 1.73. The molecule has 0 spiro atoms. The van der Waals surface area contributed by atoms with Crippen LogP contribution in [0.15, 0.2) is 24.3 Å². The van der Waals surface area contributed by atoms with E-state index < -0.39 is 0 Å². The lowest BCUT2D eigenvalue weighted by atomic mass is 9.97. The average Bonchev–Trinajstić information content (AvgIpc) is 2.54. The van der Waals surface area contributed by atoms with E-state index in [-0.39, 0.29) is 24.5 Å². The summed E-state index contributed by atoms with van der Waals surface area (Å²) in [6, 6.07) is 7.11. The van der Waals surface area contributed by atoms with Crippen molar-refractivity contribution in [1.29, 1.82) is 0 Å². The molecule has 2 rings (SSSR count). The van der Waals surface area contributed by atoms with Gasteiger partial charge in [-0.15, -0.1) is 0 Å². The molecule has 21 heavy (non-hydrogen) atoms. The molecule has 116 valence electrons. The van der Waals surface area contributed by atoms with Crippen molar-refractivity contribution in [1.82, 2.24) is 4.90 Å². The fourth-order valence-electron chi connectivity index (χ4n) is 2.68. The summed E-state index contributed by atoms with van der Waals surface area (Å²) in [5.41, 5.74) is 0.767. The van der Waals surface area contributed by atoms with Crippen LogP contribution in [0.4, 0.5) is 5.69 Å². The van der Waals surface area contributed by atoms with Crippen molar-refractivity contribution in [3.8, 4) is 5.75 Å². The average molecular weight is 292 g/mol. The molecule has 1 aliphatic heterocycles. The number of anilines is 1. The second kappa shape index (κ2) is 7.43. The molecular weight excluding hydrogens is 268 g/mol. The zero-order chi connectivity index (χ0) is 15.2. The van der Waals surface area contributed by atoms with Crippen LogP contribution in [-0.2, 0) is 4.79 Å². The Morgan fingerprint density at radius 3 is 2.81 bits per heavy atom. The molecule has 1 saturated heterocycles. The Morgan fingerprint density at radius 1 is 1.48 bits per heavy atom. The summed E-state index contributed by atoms with van der Waals surface area (Å²) in [7, 11) is 1.61. The molecule has 5 heteroatoms. The number of amides is 1. The highest BCUT2D eigenvalue weighted by Gasteiger charge is 2.27. The quantitative estimate of drug-likeness (QED) is 0.867. The molecular formula is C16H24N2O3. The van der Waals surface area contributed by atoms with Gasteiger partial charge in [0.05, 0.1) is 13.2 Å². The van der Waals surface area contributed by atoms with Gasteiger partial charge in [-0.3, -0.25) is 9.69 Å². The normalized spacial score (nSPS) is 20.8. The number of carbonyl (C=O) groups excluding carboxylic acids is 1. The highest BCUT2D eigenvalue weighted by molar-refractivity contribution is 5.94. The number of piperidine rings is 1. The third kappa shape index (κ3) is 4.19. The first-order valence-electron chi connectivity index (χ1n) is 7.44. The van der Waals surface area contributed by atoms with E-state index in [1.54, 1.807) is 7.11 Å². The predicted molar refractivity (Wildman–Crippen MR) is 82.5 cm³/mol. The monoisotopic (exact) mass is 292 g/mol. The number of carbonyl (C=O) groups is 1. The summed E-state index contributed by atoms with van der Waals surface area (Å²) in [6.07, 6.45) is 2.07. The lowest BCUT2D eigenvalue weighted by molar-refractivity contribution is -0.121. The van der Waals surface area contributed by atoms with Gasteiger partial charge >= 0.3 is 0 Å². The van der Waals surface area contributed by atoms with Crippen LogP contribution in [0.1, 0.15) is 19.8 Å². The van der Waals surface area contributed by atoms with Crippen molar-refractivity contribution in [2.24, 2.45) is 5.92 Å². The topological polar surface area (TPSA) is 61.8 Å². The molecule has 2 N–H and O–H groups in total. The molecule has 2 unspecified atom stereocenters. The van der Waals surface area contributed by atoms with Gasteiger partial charge in [-0.05, 0) is 56.5 Å². The summed E-state index contributed by atoms with van der Waals surface area (Å²) < 4.78 is 5.10. The van der Waals surface area contributed by atoms with Crippen LogP contribution < -0.4 is 10.1 Å². The Balaban J connectivity index is 1.92. The van der Waals surface area contributed by atoms with Crippen molar-refractivity contribution < 1.29 is 14.6 Å². The van der Waals surface area contributed by atoms with Crippen molar-refractivity contribution in [3.63, 3.8) is 0 Å². The number of benzene rings is 1. The number of aliphatic hydroxyl groups is 1. The summed E-state index contributed by atoms with van der Waals surface area (Å²) >= 11 is 0. The smallest absolute Gasteiger partial charge is 0.241 e. The molecule has 2 atom stereocenters. The standard InChI is InChI=1S/C16H24N2O3/c1-12(18-9-3-4-13(10-18)11-19)16(20)17-14-5-7-15(21-2)8-6-14/h5-8,12-13,19H,3-4,9-11H2,1-2H3,(H,17,20). The lowest BCUT2D eigenvalue weighted by Crippen LogP contribution is -2.47. The number of methoxy groups -OCH3 is 1. The summed E-state index contributed by atoms with van der Waals surface area (Å²) in [4.78, 5) is 14.5. The number of hydrogen-bond acceptors (Lipinski definition) is 4. The van der Waals surface area contributed by atoms with E-state index in [1.165, 1.54) is 0 Å². The fourth-order valence-corrected chi connectivity index (χ4v) is 2.68. The first-order valence-corrected chi connectivity index (χ1v) is 7.44. The van der Waals surface area contributed by atoms with Gasteiger partial charge in [-0.1, -0.05) is 0 Å². The van der Waals surface area contributed by atoms with Gasteiger partial charge in [-0.2, -0.15) is 0 Å². The molecule has 1 aromatic carbocycles. The van der Waals surface area contributed by atoms with E-state index in [4.69, 9.17) is 4.74 Å². The van der Waals surface area contributed by atoms with Gasteiger partial charge in [0.15, 0.2) is 0 Å². The zero-order valence-corrected chi connectivity index (χ0v) is 12.7. The third-order valence-corrected chi connectivity index (χ3v) is 4.09. The van der Waals surface area contributed by atoms with Gasteiger partial charge < -0.3 is 15.2 Å². The van der Waals surface area contributed by atoms with E-state index in [2.05, 4.69) is 10.2 Å². The van der Waals surface area contributed by atoms with Gasteiger partial charge in [-0.25, -0.2) is 0 Å². The maximum Gasteiger partial charge on any atom is 0.241 e. The lowest BCUT2D eigenvalue weighted by Gasteiger charge is -2.35. The Labute approximate surface area is 125 Å². The summed E-state index contributed by atoms with van der Waals surface area (Å²) in [5, 5.41) is 12.2. The van der Waals surface area contributed by atoms with Crippen LogP contribution in [0.3, 0.4) is 0 Å². The van der Waals surface area contributed by atoms with Crippen LogP contribution in [0.5, 0.6) is 5.75 Å². The van der Waals surface area contributed by atoms with Crippen LogP contribution in [-0.4, -0.2) is 48.8 Å². The molecule has 0 aromatic heterocycles. The summed E-state index contributed by atoms with van der Waals surface area (Å²) in [5.74, 6) is 1.04. The number of rotatable bonds is 5. The number of nitrogens with one attached hydrogen (secondary N) is 1. The van der Waals surface area contributed by atoms with Crippen LogP contribution in [0.2, 0.25) is 0 Å². The first-order chi connectivity index (χ1) is 10.1. The molecule has 5 nitrogen and oxygen atoms in total. The van der Waals surface area contributed by atoms with Gasteiger partial charge in [0.25, 0.3) is 0 Å². The molecule has 1 aromatic rings. The molecule has 1 fully saturated rings. The molecule has 1 heterocycles. The Hall–Kier alpha value is -1.59. The largest absolute Gasteiger partial charge is 0.497 e. The second-order valence-electron chi connectivity index (χ2n) is 5.58. The van der Waals surface area contributed by atoms with Gasteiger partial charge in [0, 0.05) is 18.8 Å². The Bertz CT molecular complexity index is 461. The van der Waals surface area contributed by atoms with E-state index in [0.29, 0.717) is 0 Å². The van der Waals surface area contributed by atoms with Crippen LogP contribution in [0.25, 0.3) is 0 Å². The van der Waals surface area contributed by atoms with Crippen molar-refractivity contribution >= 4 is 11.6 Å². The second-order valence-corrected chi connectivity index (χ2v) is 5.58. The minimum Gasteiger partial charge on any atom is -0.497 e. The maximum absolute atomic E-state index is 12.3. The molecule has 0 bridgehead atoms. The van der Waals surface area contributed by atoms with E-state index in [0.717, 1.165) is 37.4 Å². The number of hydrogen-bond donors (Lipinski definition) is 2. The van der Waals surface area contributed by atoms with Crippen molar-refractivity contribution in [2.75, 3.05) is 32.1 Å². The molecule has 0 radical (unpaired) electrons. The zero-order valence-electron chi connectivity index (χ0n) is 12.7. The number of aliphatic hydroxyl groups excluding tert-OH is 1. The molecule has 1 aliphatic rings. The van der Waals surface area contributed by atoms with E-state index in [9.17, 15) is 9.90 Å². The first kappa shape index (κ1) is 15.8. The minimum absolute atomic E-state index is 0.0150. The summed E-state index contributed by atoms with van der Waals surface area (Å²) in [6.45, 7) is 3.81. The van der Waals surface area contributed by atoms with Crippen LogP contribution in [0, 0.1) is 5.92 Å². The highest BCUT2D eigenvalue weighted by atomic mass is 16.5. The number of likely N-dealkylation sites (tertiary alicyclic amines) is 1. The molecule has 0 aliphatic carbocycles. The third-order valence-electron chi connectivity index (χ3n) is 4.09. The minimum atomic E-state index is -0.193. The highest BCUT2D eigenvalue weighted by Crippen LogP contribution is 2.19.